The van der Waals surface area contributed by atoms with E-state index in [0.717, 1.165) is 32.2 Å². The summed E-state index contributed by atoms with van der Waals surface area (Å²) in [5.41, 5.74) is 0. The molecule has 1 saturated carbocycles. The highest BCUT2D eigenvalue weighted by Crippen LogP contribution is 2.18. The van der Waals surface area contributed by atoms with Gasteiger partial charge in [0.25, 0.3) is 0 Å². The summed E-state index contributed by atoms with van der Waals surface area (Å²) in [5.74, 6) is 0. The first kappa shape index (κ1) is 15.9. The number of nitrogens with one attached hydrogen (secondary N) is 1. The summed E-state index contributed by atoms with van der Waals surface area (Å²) in [4.78, 5) is 0. The van der Waals surface area contributed by atoms with E-state index in [-0.39, 0.29) is 12.1 Å². The number of rotatable bonds is 7. The maximum atomic E-state index is 11.4. The van der Waals surface area contributed by atoms with Gasteiger partial charge < -0.3 is 10.4 Å². The molecule has 0 aromatic carbocycles. The van der Waals surface area contributed by atoms with Crippen molar-refractivity contribution in [1.82, 2.24) is 9.62 Å². The second kappa shape index (κ2) is 7.43. The van der Waals surface area contributed by atoms with Crippen LogP contribution in [0.5, 0.6) is 0 Å². The van der Waals surface area contributed by atoms with E-state index in [4.69, 9.17) is 0 Å². The van der Waals surface area contributed by atoms with Gasteiger partial charge >= 0.3 is 0 Å². The van der Waals surface area contributed by atoms with E-state index in [9.17, 15) is 13.5 Å². The van der Waals surface area contributed by atoms with Crippen LogP contribution in [-0.4, -0.2) is 55.9 Å². The summed E-state index contributed by atoms with van der Waals surface area (Å²) < 4.78 is 24.2. The van der Waals surface area contributed by atoms with Crippen molar-refractivity contribution in [2.75, 3.05) is 25.9 Å². The molecule has 0 saturated heterocycles. The van der Waals surface area contributed by atoms with E-state index >= 15 is 0 Å². The van der Waals surface area contributed by atoms with Crippen LogP contribution in [0.25, 0.3) is 0 Å². The molecule has 0 bridgehead atoms. The molecular weight excluding hydrogens is 252 g/mol. The first-order chi connectivity index (χ1) is 8.45. The molecule has 0 radical (unpaired) electrons. The Labute approximate surface area is 111 Å². The highest BCUT2D eigenvalue weighted by Gasteiger charge is 2.22. The van der Waals surface area contributed by atoms with E-state index < -0.39 is 10.0 Å². The molecule has 0 aromatic rings. The van der Waals surface area contributed by atoms with Crippen molar-refractivity contribution in [2.45, 2.75) is 51.2 Å². The standard InChI is InChI=1S/C12H26N2O3S/c1-3-14(18(2,16)17)10-6-9-13-11-7-4-5-8-12(11)15/h11-13,15H,3-10H2,1-2H3/t11-,12-/m1/s1. The second-order valence-electron chi connectivity index (χ2n) is 5.02. The van der Waals surface area contributed by atoms with Crippen molar-refractivity contribution in [3.05, 3.63) is 0 Å². The monoisotopic (exact) mass is 278 g/mol. The average Bonchev–Trinajstić information content (AvgIpc) is 2.29. The Hall–Kier alpha value is -0.170. The molecule has 2 N–H and O–H groups in total. The number of aliphatic hydroxyl groups is 1. The largest absolute Gasteiger partial charge is 0.392 e. The van der Waals surface area contributed by atoms with Gasteiger partial charge in [-0.15, -0.1) is 0 Å². The number of sulfonamides is 1. The number of hydrogen-bond donors (Lipinski definition) is 2. The van der Waals surface area contributed by atoms with Crippen molar-refractivity contribution >= 4 is 10.0 Å². The van der Waals surface area contributed by atoms with Crippen LogP contribution in [0, 0.1) is 0 Å². The fourth-order valence-corrected chi connectivity index (χ4v) is 3.38. The van der Waals surface area contributed by atoms with Gasteiger partial charge in [0.15, 0.2) is 0 Å². The lowest BCUT2D eigenvalue weighted by atomic mass is 9.92. The Morgan fingerprint density at radius 1 is 1.33 bits per heavy atom. The minimum atomic E-state index is -3.07. The summed E-state index contributed by atoms with van der Waals surface area (Å²) in [7, 11) is -3.07. The van der Waals surface area contributed by atoms with E-state index in [1.807, 2.05) is 6.92 Å². The molecule has 108 valence electrons. The van der Waals surface area contributed by atoms with Gasteiger partial charge in [-0.05, 0) is 25.8 Å². The van der Waals surface area contributed by atoms with Crippen molar-refractivity contribution in [2.24, 2.45) is 0 Å². The number of nitrogens with zero attached hydrogens (tertiary/aromatic N) is 1. The molecule has 2 atom stereocenters. The second-order valence-corrected chi connectivity index (χ2v) is 7.00. The summed E-state index contributed by atoms with van der Waals surface area (Å²) in [6, 6.07) is 0.187. The molecule has 0 aromatic heterocycles. The van der Waals surface area contributed by atoms with Gasteiger partial charge in [-0.3, -0.25) is 0 Å². The Morgan fingerprint density at radius 3 is 2.56 bits per heavy atom. The molecule has 18 heavy (non-hydrogen) atoms. The third kappa shape index (κ3) is 5.22. The summed E-state index contributed by atoms with van der Waals surface area (Å²) in [5, 5.41) is 13.1. The first-order valence-electron chi connectivity index (χ1n) is 6.81. The molecule has 1 aliphatic carbocycles. The SMILES string of the molecule is CCN(CCCN[C@@H]1CCCC[C@H]1O)S(C)(=O)=O. The van der Waals surface area contributed by atoms with Crippen molar-refractivity contribution in [3.63, 3.8) is 0 Å². The zero-order valence-electron chi connectivity index (χ0n) is 11.4. The molecule has 6 heteroatoms. The van der Waals surface area contributed by atoms with E-state index in [2.05, 4.69) is 5.32 Å². The molecule has 0 heterocycles. The summed E-state index contributed by atoms with van der Waals surface area (Å²) in [6.45, 7) is 3.67. The zero-order valence-corrected chi connectivity index (χ0v) is 12.2. The number of aliphatic hydroxyl groups excluding tert-OH is 1. The molecule has 1 aliphatic rings. The zero-order chi connectivity index (χ0) is 13.6. The molecule has 0 aliphatic heterocycles. The molecular formula is C12H26N2O3S. The van der Waals surface area contributed by atoms with Gasteiger partial charge in [-0.1, -0.05) is 19.8 Å². The van der Waals surface area contributed by atoms with Crippen LogP contribution >= 0.6 is 0 Å². The summed E-state index contributed by atoms with van der Waals surface area (Å²) in [6.07, 6.45) is 5.96. The third-order valence-electron chi connectivity index (χ3n) is 3.54. The fourth-order valence-electron chi connectivity index (χ4n) is 2.45. The van der Waals surface area contributed by atoms with Crippen LogP contribution in [0.15, 0.2) is 0 Å². The summed E-state index contributed by atoms with van der Waals surface area (Å²) >= 11 is 0. The van der Waals surface area contributed by atoms with Gasteiger partial charge in [-0.25, -0.2) is 12.7 Å². The lowest BCUT2D eigenvalue weighted by Gasteiger charge is -2.28. The number of hydrogen-bond acceptors (Lipinski definition) is 4. The maximum absolute atomic E-state index is 11.4. The van der Waals surface area contributed by atoms with Crippen molar-refractivity contribution in [1.29, 1.82) is 0 Å². The normalized spacial score (nSPS) is 25.6. The minimum Gasteiger partial charge on any atom is -0.392 e. The predicted molar refractivity (Wildman–Crippen MR) is 73.0 cm³/mol. The smallest absolute Gasteiger partial charge is 0.211 e. The van der Waals surface area contributed by atoms with Crippen LogP contribution < -0.4 is 5.32 Å². The first-order valence-corrected chi connectivity index (χ1v) is 8.66. The maximum Gasteiger partial charge on any atom is 0.211 e. The molecule has 1 fully saturated rings. The van der Waals surface area contributed by atoms with Gasteiger partial charge in [0.05, 0.1) is 12.4 Å². The van der Waals surface area contributed by atoms with Gasteiger partial charge in [0.1, 0.15) is 0 Å². The van der Waals surface area contributed by atoms with E-state index in [1.165, 1.54) is 17.0 Å². The van der Waals surface area contributed by atoms with Crippen molar-refractivity contribution in [3.8, 4) is 0 Å². The highest BCUT2D eigenvalue weighted by atomic mass is 32.2. The third-order valence-corrected chi connectivity index (χ3v) is 4.92. The van der Waals surface area contributed by atoms with Crippen LogP contribution in [0.4, 0.5) is 0 Å². The van der Waals surface area contributed by atoms with Crippen LogP contribution in [0.2, 0.25) is 0 Å². The molecule has 0 amide bonds. The van der Waals surface area contributed by atoms with Gasteiger partial charge in [-0.2, -0.15) is 0 Å². The van der Waals surface area contributed by atoms with Gasteiger partial charge in [0.2, 0.25) is 10.0 Å². The Balaban J connectivity index is 2.21. The van der Waals surface area contributed by atoms with Crippen LogP contribution in [0.3, 0.4) is 0 Å². The Morgan fingerprint density at radius 2 is 2.00 bits per heavy atom. The Kier molecular flexibility index (Phi) is 6.55. The highest BCUT2D eigenvalue weighted by molar-refractivity contribution is 7.88. The molecule has 1 rings (SSSR count). The minimum absolute atomic E-state index is 0.187. The van der Waals surface area contributed by atoms with Gasteiger partial charge in [0, 0.05) is 19.1 Å². The lowest BCUT2D eigenvalue weighted by molar-refractivity contribution is 0.0908. The Bertz CT molecular complexity index is 332. The van der Waals surface area contributed by atoms with Crippen molar-refractivity contribution < 1.29 is 13.5 Å². The quantitative estimate of drug-likeness (QED) is 0.667. The van der Waals surface area contributed by atoms with E-state index in [1.54, 1.807) is 0 Å². The van der Waals surface area contributed by atoms with Crippen LogP contribution in [-0.2, 0) is 10.0 Å². The molecule has 0 spiro atoms. The van der Waals surface area contributed by atoms with E-state index in [0.29, 0.717) is 13.1 Å². The average molecular weight is 278 g/mol. The molecule has 5 nitrogen and oxygen atoms in total. The predicted octanol–water partition coefficient (Wildman–Crippen LogP) is 0.551. The lowest BCUT2D eigenvalue weighted by Crippen LogP contribution is -2.43. The fraction of sp³-hybridized carbons (Fsp3) is 1.00. The topological polar surface area (TPSA) is 69.6 Å². The molecule has 0 unspecified atom stereocenters. The van der Waals surface area contributed by atoms with Crippen LogP contribution in [0.1, 0.15) is 39.0 Å².